The summed E-state index contributed by atoms with van der Waals surface area (Å²) in [6.45, 7) is 10.3. The molecule has 0 saturated heterocycles. The molecular weight excluding hydrogens is 392 g/mol. The predicted octanol–water partition coefficient (Wildman–Crippen LogP) is 4.94. The summed E-state index contributed by atoms with van der Waals surface area (Å²) in [4.78, 5) is 20.2. The van der Waals surface area contributed by atoms with Crippen molar-refractivity contribution in [3.63, 3.8) is 0 Å². The van der Waals surface area contributed by atoms with Gasteiger partial charge in [0.25, 0.3) is 0 Å². The Hall–Kier alpha value is -2.86. The number of thioether (sulfide) groups is 1. The highest BCUT2D eigenvalue weighted by molar-refractivity contribution is 8.00. The zero-order valence-electron chi connectivity index (χ0n) is 18.0. The summed E-state index contributed by atoms with van der Waals surface area (Å²) in [6, 6.07) is 16.3. The van der Waals surface area contributed by atoms with Gasteiger partial charge in [0.1, 0.15) is 0 Å². The minimum Gasteiger partial charge on any atom is -0.372 e. The largest absolute Gasteiger partial charge is 0.372 e. The van der Waals surface area contributed by atoms with Gasteiger partial charge in [-0.05, 0) is 57.0 Å². The lowest BCUT2D eigenvalue weighted by atomic mass is 10.1. The van der Waals surface area contributed by atoms with Gasteiger partial charge >= 0.3 is 0 Å². The quantitative estimate of drug-likeness (QED) is 0.319. The second kappa shape index (κ2) is 10.3. The highest BCUT2D eigenvalue weighted by Gasteiger charge is 2.09. The van der Waals surface area contributed by atoms with Gasteiger partial charge in [-0.3, -0.25) is 9.78 Å². The van der Waals surface area contributed by atoms with Gasteiger partial charge in [-0.25, -0.2) is 5.43 Å². The van der Waals surface area contributed by atoms with Crippen LogP contribution >= 0.6 is 11.8 Å². The predicted molar refractivity (Wildman–Crippen MR) is 128 cm³/mol. The minimum atomic E-state index is -0.133. The fraction of sp³-hybridized carbons (Fsp3) is 0.292. The van der Waals surface area contributed by atoms with Crippen molar-refractivity contribution in [2.75, 3.05) is 23.7 Å². The van der Waals surface area contributed by atoms with Crippen LogP contribution in [0.15, 0.2) is 58.5 Å². The van der Waals surface area contributed by atoms with Crippen molar-refractivity contribution in [1.82, 2.24) is 10.4 Å². The molecule has 0 spiro atoms. The number of aromatic nitrogens is 1. The normalized spacial score (nSPS) is 11.2. The molecule has 30 heavy (non-hydrogen) atoms. The van der Waals surface area contributed by atoms with E-state index in [0.29, 0.717) is 5.75 Å². The summed E-state index contributed by atoms with van der Waals surface area (Å²) in [5.74, 6) is 0.163. The lowest BCUT2D eigenvalue weighted by molar-refractivity contribution is -0.118. The molecule has 2 aromatic carbocycles. The number of nitrogens with zero attached hydrogens (tertiary/aromatic N) is 3. The molecule has 3 rings (SSSR count). The van der Waals surface area contributed by atoms with E-state index in [2.05, 4.69) is 65.4 Å². The lowest BCUT2D eigenvalue weighted by Gasteiger charge is -2.20. The second-order valence-electron chi connectivity index (χ2n) is 7.08. The maximum absolute atomic E-state index is 12.2. The Bertz CT molecular complexity index is 1040. The van der Waals surface area contributed by atoms with Crippen molar-refractivity contribution in [3.8, 4) is 0 Å². The number of rotatable bonds is 8. The van der Waals surface area contributed by atoms with Crippen molar-refractivity contribution >= 4 is 40.5 Å². The fourth-order valence-corrected chi connectivity index (χ4v) is 4.24. The molecule has 0 aliphatic rings. The summed E-state index contributed by atoms with van der Waals surface area (Å²) >= 11 is 1.51. The molecule has 1 aromatic heterocycles. The second-order valence-corrected chi connectivity index (χ2v) is 8.10. The van der Waals surface area contributed by atoms with Crippen LogP contribution in [0.25, 0.3) is 10.9 Å². The molecule has 0 radical (unpaired) electrons. The van der Waals surface area contributed by atoms with Crippen molar-refractivity contribution in [3.05, 3.63) is 65.4 Å². The summed E-state index contributed by atoms with van der Waals surface area (Å²) in [5, 5.41) is 5.18. The zero-order valence-corrected chi connectivity index (χ0v) is 18.8. The average molecular weight is 421 g/mol. The number of carbonyl (C=O) groups excluding carboxylic acids is 1. The summed E-state index contributed by atoms with van der Waals surface area (Å²) in [6.07, 6.45) is 1.67. The summed E-state index contributed by atoms with van der Waals surface area (Å²) in [7, 11) is 0. The molecule has 0 aliphatic carbocycles. The topological polar surface area (TPSA) is 57.6 Å². The number of anilines is 1. The van der Waals surface area contributed by atoms with E-state index in [9.17, 15) is 4.79 Å². The van der Waals surface area contributed by atoms with Gasteiger partial charge in [0, 0.05) is 34.8 Å². The molecule has 0 fully saturated rings. The van der Waals surface area contributed by atoms with Crippen LogP contribution in [-0.2, 0) is 4.79 Å². The molecular formula is C24H28N4OS. The number of hydrazone groups is 1. The van der Waals surface area contributed by atoms with Crippen LogP contribution < -0.4 is 10.3 Å². The first-order valence-electron chi connectivity index (χ1n) is 10.2. The summed E-state index contributed by atoms with van der Waals surface area (Å²) < 4.78 is 0. The number of carbonyl (C=O) groups is 1. The first-order valence-corrected chi connectivity index (χ1v) is 11.2. The molecule has 0 saturated carbocycles. The van der Waals surface area contributed by atoms with Gasteiger partial charge in [0.2, 0.25) is 5.91 Å². The van der Waals surface area contributed by atoms with Crippen LogP contribution in [0.2, 0.25) is 0 Å². The van der Waals surface area contributed by atoms with Crippen LogP contribution in [0, 0.1) is 13.8 Å². The maximum atomic E-state index is 12.2. The molecule has 0 bridgehead atoms. The van der Waals surface area contributed by atoms with E-state index in [0.717, 1.165) is 45.7 Å². The zero-order chi connectivity index (χ0) is 21.5. The van der Waals surface area contributed by atoms with Crippen molar-refractivity contribution in [1.29, 1.82) is 0 Å². The van der Waals surface area contributed by atoms with Gasteiger partial charge < -0.3 is 4.90 Å². The lowest BCUT2D eigenvalue weighted by Crippen LogP contribution is -2.21. The highest BCUT2D eigenvalue weighted by Crippen LogP contribution is 2.29. The monoisotopic (exact) mass is 420 g/mol. The van der Waals surface area contributed by atoms with Gasteiger partial charge in [0.15, 0.2) is 0 Å². The number of hydrogen-bond acceptors (Lipinski definition) is 5. The van der Waals surface area contributed by atoms with Gasteiger partial charge in [-0.1, -0.05) is 30.3 Å². The van der Waals surface area contributed by atoms with E-state index in [1.54, 1.807) is 6.21 Å². The Balaban J connectivity index is 1.58. The smallest absolute Gasteiger partial charge is 0.250 e. The van der Waals surface area contributed by atoms with Crippen molar-refractivity contribution in [2.24, 2.45) is 5.10 Å². The molecule has 0 aliphatic heterocycles. The Morgan fingerprint density at radius 1 is 1.13 bits per heavy atom. The number of benzene rings is 2. The van der Waals surface area contributed by atoms with E-state index in [1.165, 1.54) is 17.4 Å². The summed E-state index contributed by atoms with van der Waals surface area (Å²) in [5.41, 5.74) is 7.84. The van der Waals surface area contributed by atoms with Gasteiger partial charge in [0.05, 0.1) is 17.5 Å². The number of amides is 1. The van der Waals surface area contributed by atoms with E-state index in [1.807, 2.05) is 31.2 Å². The van der Waals surface area contributed by atoms with Crippen LogP contribution in [0.4, 0.5) is 5.69 Å². The van der Waals surface area contributed by atoms with Crippen LogP contribution in [0.5, 0.6) is 0 Å². The molecule has 5 nitrogen and oxygen atoms in total. The number of para-hydroxylation sites is 1. The Labute approximate surface area is 182 Å². The molecule has 156 valence electrons. The van der Waals surface area contributed by atoms with Gasteiger partial charge in [-0.2, -0.15) is 5.10 Å². The molecule has 0 atom stereocenters. The average Bonchev–Trinajstić information content (AvgIpc) is 2.74. The number of aryl methyl sites for hydroxylation is 2. The van der Waals surface area contributed by atoms with E-state index in [-0.39, 0.29) is 5.91 Å². The van der Waals surface area contributed by atoms with Crippen molar-refractivity contribution in [2.45, 2.75) is 32.6 Å². The van der Waals surface area contributed by atoms with E-state index in [4.69, 9.17) is 0 Å². The third-order valence-corrected chi connectivity index (χ3v) is 5.97. The number of nitrogens with one attached hydrogen (secondary N) is 1. The third-order valence-electron chi connectivity index (χ3n) is 4.91. The highest BCUT2D eigenvalue weighted by atomic mass is 32.2. The molecule has 0 unspecified atom stereocenters. The van der Waals surface area contributed by atoms with E-state index >= 15 is 0 Å². The Morgan fingerprint density at radius 3 is 2.57 bits per heavy atom. The first-order chi connectivity index (χ1) is 14.5. The molecule has 1 amide bonds. The number of pyridine rings is 1. The van der Waals surface area contributed by atoms with Crippen LogP contribution in [0.1, 0.15) is 30.7 Å². The standard InChI is InChI=1S/C24H28N4OS/c1-5-28(6-2)20-12-10-19(11-13-20)15-25-27-23(29)16-30-22-14-18(4)26-24-17(3)8-7-9-21(22)24/h7-15H,5-6,16H2,1-4H3,(H,27,29)/b25-15-. The molecule has 1 heterocycles. The first kappa shape index (κ1) is 21.8. The fourth-order valence-electron chi connectivity index (χ4n) is 3.32. The molecule has 6 heteroatoms. The molecule has 1 N–H and O–H groups in total. The SMILES string of the molecule is CCN(CC)c1ccc(/C=N\NC(=O)CSc2cc(C)nc3c(C)cccc23)cc1. The van der Waals surface area contributed by atoms with Gasteiger partial charge in [-0.15, -0.1) is 11.8 Å². The van der Waals surface area contributed by atoms with Crippen LogP contribution in [0.3, 0.4) is 0 Å². The Kier molecular flexibility index (Phi) is 7.46. The van der Waals surface area contributed by atoms with Crippen molar-refractivity contribution < 1.29 is 4.79 Å². The number of fused-ring (bicyclic) bond motifs is 1. The number of hydrogen-bond donors (Lipinski definition) is 1. The third kappa shape index (κ3) is 5.39. The Morgan fingerprint density at radius 2 is 1.87 bits per heavy atom. The van der Waals surface area contributed by atoms with E-state index < -0.39 is 0 Å². The maximum Gasteiger partial charge on any atom is 0.250 e. The molecule has 3 aromatic rings. The minimum absolute atomic E-state index is 0.133. The van der Waals surface area contributed by atoms with Crippen LogP contribution in [-0.4, -0.2) is 35.9 Å².